The summed E-state index contributed by atoms with van der Waals surface area (Å²) in [6.07, 6.45) is 0. The van der Waals surface area contributed by atoms with Gasteiger partial charge in [0.1, 0.15) is 5.82 Å². The van der Waals surface area contributed by atoms with Crippen molar-refractivity contribution >= 4 is 11.6 Å². The molecule has 1 atom stereocenters. The van der Waals surface area contributed by atoms with E-state index in [1.165, 1.54) is 6.07 Å². The molecule has 104 valence electrons. The van der Waals surface area contributed by atoms with Gasteiger partial charge in [-0.15, -0.1) is 0 Å². The molecule has 2 saturated heterocycles. The van der Waals surface area contributed by atoms with E-state index in [9.17, 15) is 4.39 Å². The smallest absolute Gasteiger partial charge is 0.129 e. The minimum atomic E-state index is -0.213. The van der Waals surface area contributed by atoms with Crippen LogP contribution in [0.2, 0.25) is 5.02 Å². The number of halogens is 2. The van der Waals surface area contributed by atoms with Gasteiger partial charge in [-0.25, -0.2) is 4.39 Å². The van der Waals surface area contributed by atoms with E-state index in [2.05, 4.69) is 9.80 Å². The molecule has 2 aliphatic heterocycles. The molecule has 0 saturated carbocycles. The Bertz CT molecular complexity index is 457. The van der Waals surface area contributed by atoms with Crippen LogP contribution < -0.4 is 0 Å². The maximum Gasteiger partial charge on any atom is 0.129 e. The molecular formula is C14H18ClFN2O. The molecule has 0 bridgehead atoms. The van der Waals surface area contributed by atoms with Crippen molar-refractivity contribution in [1.82, 2.24) is 9.80 Å². The van der Waals surface area contributed by atoms with Crippen LogP contribution in [0.25, 0.3) is 0 Å². The Morgan fingerprint density at radius 2 is 2.21 bits per heavy atom. The number of nitrogens with zero attached hydrogens (tertiary/aromatic N) is 2. The fourth-order valence-electron chi connectivity index (χ4n) is 2.85. The highest BCUT2D eigenvalue weighted by Gasteiger charge is 2.29. The van der Waals surface area contributed by atoms with Crippen LogP contribution in [-0.2, 0) is 11.3 Å². The third-order valence-corrected chi connectivity index (χ3v) is 4.17. The summed E-state index contributed by atoms with van der Waals surface area (Å²) in [7, 11) is 0. The average molecular weight is 285 g/mol. The molecule has 3 nitrogen and oxygen atoms in total. The number of fused-ring (bicyclic) bond motifs is 1. The van der Waals surface area contributed by atoms with Gasteiger partial charge < -0.3 is 4.74 Å². The number of ether oxygens (including phenoxy) is 1. The van der Waals surface area contributed by atoms with E-state index < -0.39 is 0 Å². The van der Waals surface area contributed by atoms with Crippen LogP contribution in [0.3, 0.4) is 0 Å². The lowest BCUT2D eigenvalue weighted by molar-refractivity contribution is -0.0463. The molecule has 0 radical (unpaired) electrons. The van der Waals surface area contributed by atoms with Crippen molar-refractivity contribution in [3.63, 3.8) is 0 Å². The van der Waals surface area contributed by atoms with Crippen LogP contribution >= 0.6 is 11.6 Å². The summed E-state index contributed by atoms with van der Waals surface area (Å²) < 4.78 is 19.3. The number of hydrogen-bond acceptors (Lipinski definition) is 3. The molecule has 0 spiro atoms. The molecule has 19 heavy (non-hydrogen) atoms. The first-order valence-corrected chi connectivity index (χ1v) is 7.08. The monoisotopic (exact) mass is 284 g/mol. The van der Waals surface area contributed by atoms with Crippen molar-refractivity contribution < 1.29 is 9.13 Å². The zero-order valence-electron chi connectivity index (χ0n) is 10.8. The first kappa shape index (κ1) is 13.3. The Morgan fingerprint density at radius 1 is 1.32 bits per heavy atom. The van der Waals surface area contributed by atoms with Crippen molar-refractivity contribution in [2.45, 2.75) is 12.6 Å². The van der Waals surface area contributed by atoms with Crippen molar-refractivity contribution in [1.29, 1.82) is 0 Å². The number of hydrogen-bond donors (Lipinski definition) is 0. The maximum absolute atomic E-state index is 13.8. The third kappa shape index (κ3) is 3.08. The highest BCUT2D eigenvalue weighted by Crippen LogP contribution is 2.19. The highest BCUT2D eigenvalue weighted by atomic mass is 35.5. The van der Waals surface area contributed by atoms with E-state index >= 15 is 0 Å². The van der Waals surface area contributed by atoms with Gasteiger partial charge in [0.2, 0.25) is 0 Å². The zero-order chi connectivity index (χ0) is 13.2. The Morgan fingerprint density at radius 3 is 3.05 bits per heavy atom. The van der Waals surface area contributed by atoms with E-state index in [-0.39, 0.29) is 5.82 Å². The summed E-state index contributed by atoms with van der Waals surface area (Å²) in [5.41, 5.74) is 0.717. The molecule has 1 aromatic carbocycles. The Kier molecular flexibility index (Phi) is 4.03. The molecular weight excluding hydrogens is 267 g/mol. The molecule has 1 unspecified atom stereocenters. The summed E-state index contributed by atoms with van der Waals surface area (Å²) in [5, 5.41) is 0.451. The van der Waals surface area contributed by atoms with Crippen LogP contribution in [0.15, 0.2) is 18.2 Å². The van der Waals surface area contributed by atoms with Gasteiger partial charge in [-0.3, -0.25) is 9.80 Å². The van der Waals surface area contributed by atoms with Crippen LogP contribution in [-0.4, -0.2) is 55.2 Å². The first-order chi connectivity index (χ1) is 9.22. The summed E-state index contributed by atoms with van der Waals surface area (Å²) >= 11 is 5.77. The Labute approximate surface area is 117 Å². The number of benzene rings is 1. The van der Waals surface area contributed by atoms with E-state index in [1.807, 2.05) is 0 Å². The minimum absolute atomic E-state index is 0.213. The molecule has 5 heteroatoms. The fourth-order valence-corrected chi connectivity index (χ4v) is 3.00. The molecule has 2 aliphatic rings. The Balaban J connectivity index is 1.64. The number of piperazine rings is 1. The van der Waals surface area contributed by atoms with E-state index in [0.29, 0.717) is 17.6 Å². The normalized spacial score (nSPS) is 25.3. The number of rotatable bonds is 2. The second-order valence-corrected chi connectivity index (χ2v) is 5.67. The van der Waals surface area contributed by atoms with Gasteiger partial charge in [0, 0.05) is 49.4 Å². The lowest BCUT2D eigenvalue weighted by atomic mass is 10.1. The van der Waals surface area contributed by atoms with Crippen molar-refractivity contribution in [2.75, 3.05) is 39.4 Å². The van der Waals surface area contributed by atoms with Crippen LogP contribution in [0, 0.1) is 5.82 Å². The first-order valence-electron chi connectivity index (χ1n) is 6.70. The predicted octanol–water partition coefficient (Wildman–Crippen LogP) is 2.00. The summed E-state index contributed by atoms with van der Waals surface area (Å²) in [6, 6.07) is 5.37. The quantitative estimate of drug-likeness (QED) is 0.826. The van der Waals surface area contributed by atoms with Crippen LogP contribution in [0.4, 0.5) is 4.39 Å². The minimum Gasteiger partial charge on any atom is -0.378 e. The molecule has 0 amide bonds. The average Bonchev–Trinajstić information content (AvgIpc) is 2.42. The molecule has 3 rings (SSSR count). The molecule has 1 aromatic rings. The predicted molar refractivity (Wildman–Crippen MR) is 72.9 cm³/mol. The molecule has 0 aliphatic carbocycles. The number of morpholine rings is 1. The Hall–Kier alpha value is -0.680. The zero-order valence-corrected chi connectivity index (χ0v) is 11.6. The maximum atomic E-state index is 13.8. The van der Waals surface area contributed by atoms with Gasteiger partial charge in [0.25, 0.3) is 0 Å². The standard InChI is InChI=1S/C14H18ClFN2O/c15-12-2-1-11(14(16)7-12)8-17-3-4-18-5-6-19-10-13(18)9-17/h1-2,7,13H,3-6,8-10H2. The summed E-state index contributed by atoms with van der Waals surface area (Å²) in [6.45, 7) is 6.27. The summed E-state index contributed by atoms with van der Waals surface area (Å²) in [4.78, 5) is 4.76. The van der Waals surface area contributed by atoms with Gasteiger partial charge >= 0.3 is 0 Å². The van der Waals surface area contributed by atoms with Crippen molar-refractivity contribution in [3.8, 4) is 0 Å². The second-order valence-electron chi connectivity index (χ2n) is 5.24. The third-order valence-electron chi connectivity index (χ3n) is 3.93. The SMILES string of the molecule is Fc1cc(Cl)ccc1CN1CCN2CCOCC2C1. The molecule has 0 aromatic heterocycles. The lowest BCUT2D eigenvalue weighted by Crippen LogP contribution is -2.57. The van der Waals surface area contributed by atoms with Gasteiger partial charge in [-0.2, -0.15) is 0 Å². The second kappa shape index (κ2) is 5.75. The molecule has 0 N–H and O–H groups in total. The van der Waals surface area contributed by atoms with Crippen LogP contribution in [0.5, 0.6) is 0 Å². The van der Waals surface area contributed by atoms with Crippen LogP contribution in [0.1, 0.15) is 5.56 Å². The van der Waals surface area contributed by atoms with Gasteiger partial charge in [-0.05, 0) is 12.1 Å². The topological polar surface area (TPSA) is 15.7 Å². The van der Waals surface area contributed by atoms with Crippen molar-refractivity contribution in [2.24, 2.45) is 0 Å². The van der Waals surface area contributed by atoms with Gasteiger partial charge in [-0.1, -0.05) is 17.7 Å². The van der Waals surface area contributed by atoms with Gasteiger partial charge in [0.05, 0.1) is 13.2 Å². The summed E-state index contributed by atoms with van der Waals surface area (Å²) in [5.74, 6) is -0.213. The highest BCUT2D eigenvalue weighted by molar-refractivity contribution is 6.30. The van der Waals surface area contributed by atoms with Crippen molar-refractivity contribution in [3.05, 3.63) is 34.6 Å². The fraction of sp³-hybridized carbons (Fsp3) is 0.571. The van der Waals surface area contributed by atoms with E-state index in [1.54, 1.807) is 12.1 Å². The lowest BCUT2D eigenvalue weighted by Gasteiger charge is -2.43. The van der Waals surface area contributed by atoms with E-state index in [4.69, 9.17) is 16.3 Å². The molecule has 2 heterocycles. The largest absolute Gasteiger partial charge is 0.378 e. The molecule has 2 fully saturated rings. The van der Waals surface area contributed by atoms with E-state index in [0.717, 1.165) is 45.0 Å². The van der Waals surface area contributed by atoms with Gasteiger partial charge in [0.15, 0.2) is 0 Å².